The molecule has 33 heavy (non-hydrogen) atoms. The van der Waals surface area contributed by atoms with Crippen LogP contribution >= 0.6 is 0 Å². The minimum atomic E-state index is -0.448. The van der Waals surface area contributed by atoms with Gasteiger partial charge in [0, 0.05) is 40.5 Å². The Hall–Kier alpha value is -4.46. The summed E-state index contributed by atoms with van der Waals surface area (Å²) >= 11 is 0. The average molecular weight is 442 g/mol. The second-order valence-corrected chi connectivity index (χ2v) is 7.58. The number of para-hydroxylation sites is 1. The number of aryl methyl sites for hydroxylation is 1. The van der Waals surface area contributed by atoms with E-state index in [9.17, 15) is 14.9 Å². The molecule has 0 aliphatic heterocycles. The lowest BCUT2D eigenvalue weighted by Gasteiger charge is -2.07. The van der Waals surface area contributed by atoms with Gasteiger partial charge in [0.1, 0.15) is 13.2 Å². The number of nitrogens with one attached hydrogen (secondary N) is 1. The number of carbonyl (C=O) groups is 1. The Morgan fingerprint density at radius 2 is 1.91 bits per heavy atom. The van der Waals surface area contributed by atoms with Gasteiger partial charge in [-0.3, -0.25) is 14.9 Å². The average Bonchev–Trinajstić information content (AvgIpc) is 3.16. The van der Waals surface area contributed by atoms with E-state index in [2.05, 4.69) is 10.5 Å². The highest BCUT2D eigenvalue weighted by atomic mass is 16.6. The summed E-state index contributed by atoms with van der Waals surface area (Å²) in [6.45, 7) is 2.25. The summed E-state index contributed by atoms with van der Waals surface area (Å²) in [6, 6.07) is 21.6. The maximum absolute atomic E-state index is 12.6. The van der Waals surface area contributed by atoms with Crippen LogP contribution in [0, 0.1) is 17.0 Å². The number of non-ortho nitro benzene ring substituents is 1. The van der Waals surface area contributed by atoms with Crippen LogP contribution in [-0.4, -0.2) is 21.6 Å². The fourth-order valence-corrected chi connectivity index (χ4v) is 3.47. The minimum absolute atomic E-state index is 0.00654. The van der Waals surface area contributed by atoms with Gasteiger partial charge in [0.15, 0.2) is 0 Å². The predicted molar refractivity (Wildman–Crippen MR) is 127 cm³/mol. The normalized spacial score (nSPS) is 11.1. The molecule has 4 aromatic rings. The van der Waals surface area contributed by atoms with Crippen molar-refractivity contribution in [3.63, 3.8) is 0 Å². The van der Waals surface area contributed by atoms with Crippen molar-refractivity contribution in [3.8, 4) is 0 Å². The van der Waals surface area contributed by atoms with Crippen molar-refractivity contribution in [2.75, 3.05) is 5.32 Å². The molecule has 4 rings (SSSR count). The van der Waals surface area contributed by atoms with E-state index in [1.165, 1.54) is 12.1 Å². The minimum Gasteiger partial charge on any atom is -0.391 e. The molecule has 8 nitrogen and oxygen atoms in total. The van der Waals surface area contributed by atoms with Crippen LogP contribution in [0.1, 0.15) is 16.7 Å². The molecule has 0 unspecified atom stereocenters. The number of nitrogens with zero attached hydrogens (tertiary/aromatic N) is 3. The highest BCUT2D eigenvalue weighted by molar-refractivity contribution is 6.00. The molecule has 0 fully saturated rings. The Labute approximate surface area is 190 Å². The number of nitro groups is 1. The molecule has 1 N–H and O–H groups in total. The van der Waals surface area contributed by atoms with Crippen molar-refractivity contribution >= 4 is 34.4 Å². The van der Waals surface area contributed by atoms with Crippen LogP contribution in [0.4, 0.5) is 11.4 Å². The molecule has 1 amide bonds. The van der Waals surface area contributed by atoms with Gasteiger partial charge in [-0.05, 0) is 30.7 Å². The third-order valence-corrected chi connectivity index (χ3v) is 5.09. The van der Waals surface area contributed by atoms with Crippen molar-refractivity contribution in [2.24, 2.45) is 5.16 Å². The Morgan fingerprint density at radius 1 is 1.12 bits per heavy atom. The van der Waals surface area contributed by atoms with Crippen molar-refractivity contribution in [1.82, 2.24) is 4.57 Å². The zero-order valence-corrected chi connectivity index (χ0v) is 18.0. The fourth-order valence-electron chi connectivity index (χ4n) is 3.47. The lowest BCUT2D eigenvalue weighted by Crippen LogP contribution is -2.18. The lowest BCUT2D eigenvalue weighted by atomic mass is 10.2. The van der Waals surface area contributed by atoms with Crippen LogP contribution in [0.5, 0.6) is 0 Å². The molecule has 0 aliphatic carbocycles. The molecule has 166 valence electrons. The van der Waals surface area contributed by atoms with Gasteiger partial charge < -0.3 is 14.7 Å². The van der Waals surface area contributed by atoms with Crippen LogP contribution < -0.4 is 5.32 Å². The number of hydrogen-bond donors (Lipinski definition) is 1. The van der Waals surface area contributed by atoms with Gasteiger partial charge in [-0.1, -0.05) is 53.2 Å². The van der Waals surface area contributed by atoms with Gasteiger partial charge in [0.25, 0.3) is 5.69 Å². The number of fused-ring (bicyclic) bond motifs is 1. The van der Waals surface area contributed by atoms with E-state index in [-0.39, 0.29) is 24.7 Å². The summed E-state index contributed by atoms with van der Waals surface area (Å²) in [5, 5.41) is 18.8. The van der Waals surface area contributed by atoms with E-state index in [0.29, 0.717) is 5.56 Å². The summed E-state index contributed by atoms with van der Waals surface area (Å²) in [5.74, 6) is -0.134. The summed E-state index contributed by atoms with van der Waals surface area (Å²) in [7, 11) is 0. The Bertz CT molecular complexity index is 1330. The second kappa shape index (κ2) is 9.78. The fraction of sp³-hybridized carbons (Fsp3) is 0.120. The molecule has 0 radical (unpaired) electrons. The predicted octanol–water partition coefficient (Wildman–Crippen LogP) is 5.05. The molecule has 8 heteroatoms. The second-order valence-electron chi connectivity index (χ2n) is 7.58. The third kappa shape index (κ3) is 5.43. The van der Waals surface area contributed by atoms with Crippen molar-refractivity contribution in [2.45, 2.75) is 20.1 Å². The largest absolute Gasteiger partial charge is 0.391 e. The zero-order chi connectivity index (χ0) is 23.2. The highest BCUT2D eigenvalue weighted by Crippen LogP contribution is 2.21. The number of anilines is 1. The molecule has 0 saturated heterocycles. The topological polar surface area (TPSA) is 98.8 Å². The van der Waals surface area contributed by atoms with Crippen LogP contribution in [0.15, 0.2) is 84.1 Å². The van der Waals surface area contributed by atoms with Crippen LogP contribution in [0.3, 0.4) is 0 Å². The van der Waals surface area contributed by atoms with E-state index in [1.54, 1.807) is 18.3 Å². The quantitative estimate of drug-likeness (QED) is 0.235. The summed E-state index contributed by atoms with van der Waals surface area (Å²) in [6.07, 6.45) is 3.42. The van der Waals surface area contributed by atoms with Gasteiger partial charge >= 0.3 is 0 Å². The number of benzene rings is 3. The van der Waals surface area contributed by atoms with E-state index >= 15 is 0 Å². The SMILES string of the molecule is Cc1ccc(NC(=O)Cn2cc(/C=N\OCc3cccc([N+](=O)[O-])c3)c3ccccc32)cc1. The first-order chi connectivity index (χ1) is 16.0. The summed E-state index contributed by atoms with van der Waals surface area (Å²) in [5.41, 5.74) is 4.23. The number of hydrogen-bond acceptors (Lipinski definition) is 5. The first-order valence-corrected chi connectivity index (χ1v) is 10.3. The number of amides is 1. The van der Waals surface area contributed by atoms with E-state index in [4.69, 9.17) is 4.84 Å². The number of oxime groups is 1. The van der Waals surface area contributed by atoms with Crippen LogP contribution in [0.25, 0.3) is 10.9 Å². The molecular weight excluding hydrogens is 420 g/mol. The highest BCUT2D eigenvalue weighted by Gasteiger charge is 2.11. The van der Waals surface area contributed by atoms with Gasteiger partial charge in [0.05, 0.1) is 11.1 Å². The van der Waals surface area contributed by atoms with E-state index in [0.717, 1.165) is 27.7 Å². The lowest BCUT2D eigenvalue weighted by molar-refractivity contribution is -0.384. The molecule has 1 aromatic heterocycles. The summed E-state index contributed by atoms with van der Waals surface area (Å²) < 4.78 is 1.86. The molecule has 0 atom stereocenters. The molecule has 3 aromatic carbocycles. The number of rotatable bonds is 8. The zero-order valence-electron chi connectivity index (χ0n) is 18.0. The maximum Gasteiger partial charge on any atom is 0.269 e. The van der Waals surface area contributed by atoms with Crippen LogP contribution in [0.2, 0.25) is 0 Å². The Balaban J connectivity index is 1.45. The molecule has 1 heterocycles. The van der Waals surface area contributed by atoms with E-state index < -0.39 is 4.92 Å². The molecular formula is C25H22N4O4. The standard InChI is InChI=1S/C25H22N4O4/c1-18-9-11-21(12-10-18)27-25(30)16-28-15-20(23-7-2-3-8-24(23)28)14-26-33-17-19-5-4-6-22(13-19)29(31)32/h2-15H,16-17H2,1H3,(H,27,30)/b26-14-. The Morgan fingerprint density at radius 3 is 2.70 bits per heavy atom. The van der Waals surface area contributed by atoms with Crippen LogP contribution in [-0.2, 0) is 22.8 Å². The molecule has 0 bridgehead atoms. The van der Waals surface area contributed by atoms with Crippen molar-refractivity contribution < 1.29 is 14.6 Å². The summed E-state index contributed by atoms with van der Waals surface area (Å²) in [4.78, 5) is 28.4. The van der Waals surface area contributed by atoms with Gasteiger partial charge in [-0.2, -0.15) is 0 Å². The number of nitro benzene ring substituents is 1. The number of aromatic nitrogens is 1. The first-order valence-electron chi connectivity index (χ1n) is 10.3. The molecule has 0 spiro atoms. The van der Waals surface area contributed by atoms with Crippen molar-refractivity contribution in [3.05, 3.63) is 106 Å². The molecule has 0 saturated carbocycles. The van der Waals surface area contributed by atoms with E-state index in [1.807, 2.05) is 66.2 Å². The Kier molecular flexibility index (Phi) is 6.45. The van der Waals surface area contributed by atoms with Crippen molar-refractivity contribution in [1.29, 1.82) is 0 Å². The van der Waals surface area contributed by atoms with Gasteiger partial charge in [-0.25, -0.2) is 0 Å². The maximum atomic E-state index is 12.6. The molecule has 0 aliphatic rings. The van der Waals surface area contributed by atoms with Gasteiger partial charge in [-0.15, -0.1) is 0 Å². The van der Waals surface area contributed by atoms with Gasteiger partial charge in [0.2, 0.25) is 5.91 Å². The monoisotopic (exact) mass is 442 g/mol. The number of carbonyl (C=O) groups excluding carboxylic acids is 1. The smallest absolute Gasteiger partial charge is 0.269 e. The first kappa shape index (κ1) is 21.8. The third-order valence-electron chi connectivity index (χ3n) is 5.09.